The van der Waals surface area contributed by atoms with Gasteiger partial charge in [0.1, 0.15) is 5.82 Å². The fraction of sp³-hybridized carbons (Fsp3) is 0.0476. The minimum Gasteiger partial charge on any atom is -0.308 e. The van der Waals surface area contributed by atoms with Crippen LogP contribution in [0, 0.1) is 6.92 Å². The van der Waals surface area contributed by atoms with Gasteiger partial charge in [-0.25, -0.2) is 9.78 Å². The summed E-state index contributed by atoms with van der Waals surface area (Å²) in [6.45, 7) is 1.72. The second-order valence-electron chi connectivity index (χ2n) is 6.35. The molecule has 0 atom stereocenters. The monoisotopic (exact) mass is 386 g/mol. The van der Waals surface area contributed by atoms with Crippen LogP contribution in [0.3, 0.4) is 0 Å². The predicted molar refractivity (Wildman–Crippen MR) is 111 cm³/mol. The van der Waals surface area contributed by atoms with E-state index in [9.17, 15) is 9.59 Å². The first-order valence-corrected chi connectivity index (χ1v) is 8.95. The standard InChI is InChI=1S/C21H18N6O2/c1-14-12-19(28)25-20(22-14)27-18(13-17(26-27)15-8-4-2-5-9-15)24-21(29)23-16-10-6-3-7-11-16/h2-13H,1H3,(H,22,25,28)(H2,23,24,29). The van der Waals surface area contributed by atoms with Gasteiger partial charge in [0.05, 0.1) is 5.69 Å². The molecule has 2 aromatic heterocycles. The number of carbonyl (C=O) groups is 1. The number of amides is 2. The normalized spacial score (nSPS) is 10.5. The maximum Gasteiger partial charge on any atom is 0.324 e. The van der Waals surface area contributed by atoms with Crippen LogP contribution in [0.5, 0.6) is 0 Å². The summed E-state index contributed by atoms with van der Waals surface area (Å²) < 4.78 is 1.40. The number of anilines is 2. The van der Waals surface area contributed by atoms with Crippen molar-refractivity contribution >= 4 is 17.5 Å². The van der Waals surface area contributed by atoms with E-state index in [-0.39, 0.29) is 11.5 Å². The molecule has 0 aliphatic rings. The van der Waals surface area contributed by atoms with Crippen molar-refractivity contribution in [3.8, 4) is 17.2 Å². The van der Waals surface area contributed by atoms with Crippen LogP contribution in [0.15, 0.2) is 77.6 Å². The molecule has 0 fully saturated rings. The molecular formula is C21H18N6O2. The van der Waals surface area contributed by atoms with Crippen molar-refractivity contribution in [3.05, 3.63) is 88.8 Å². The molecule has 29 heavy (non-hydrogen) atoms. The highest BCUT2D eigenvalue weighted by Crippen LogP contribution is 2.23. The van der Waals surface area contributed by atoms with Crippen molar-refractivity contribution in [2.24, 2.45) is 0 Å². The molecular weight excluding hydrogens is 368 g/mol. The zero-order chi connectivity index (χ0) is 20.2. The highest BCUT2D eigenvalue weighted by atomic mass is 16.2. The molecule has 2 aromatic carbocycles. The average Bonchev–Trinajstić information content (AvgIpc) is 3.12. The number of nitrogens with zero attached hydrogens (tertiary/aromatic N) is 3. The predicted octanol–water partition coefficient (Wildman–Crippen LogP) is 3.58. The minimum absolute atomic E-state index is 0.215. The third-order valence-electron chi connectivity index (χ3n) is 4.11. The van der Waals surface area contributed by atoms with Crippen LogP contribution in [0.4, 0.5) is 16.3 Å². The largest absolute Gasteiger partial charge is 0.324 e. The maximum atomic E-state index is 12.5. The van der Waals surface area contributed by atoms with Crippen LogP contribution < -0.4 is 16.2 Å². The Hall–Kier alpha value is -4.20. The Morgan fingerprint density at radius 1 is 0.966 bits per heavy atom. The number of aryl methyl sites for hydroxylation is 1. The van der Waals surface area contributed by atoms with Gasteiger partial charge in [-0.2, -0.15) is 9.78 Å². The van der Waals surface area contributed by atoms with Gasteiger partial charge in [0.15, 0.2) is 0 Å². The van der Waals surface area contributed by atoms with E-state index in [2.05, 4.69) is 25.7 Å². The summed E-state index contributed by atoms with van der Waals surface area (Å²) in [6.07, 6.45) is 0. The number of nitrogens with one attached hydrogen (secondary N) is 3. The Bertz CT molecular complexity index is 1200. The van der Waals surface area contributed by atoms with Crippen molar-refractivity contribution in [1.82, 2.24) is 19.7 Å². The Morgan fingerprint density at radius 3 is 2.34 bits per heavy atom. The van der Waals surface area contributed by atoms with E-state index in [0.717, 1.165) is 5.56 Å². The van der Waals surface area contributed by atoms with Crippen LogP contribution in [-0.4, -0.2) is 25.8 Å². The molecule has 0 unspecified atom stereocenters. The molecule has 2 heterocycles. The Morgan fingerprint density at radius 2 is 1.66 bits per heavy atom. The van der Waals surface area contributed by atoms with E-state index in [1.54, 1.807) is 25.1 Å². The van der Waals surface area contributed by atoms with Crippen LogP contribution in [0.1, 0.15) is 5.69 Å². The first-order valence-electron chi connectivity index (χ1n) is 8.95. The first kappa shape index (κ1) is 18.2. The van der Waals surface area contributed by atoms with E-state index < -0.39 is 6.03 Å². The second kappa shape index (κ2) is 7.81. The Kier molecular flexibility index (Phi) is 4.90. The molecule has 0 radical (unpaired) electrons. The van der Waals surface area contributed by atoms with Gasteiger partial charge in [0, 0.05) is 29.1 Å². The molecule has 0 saturated heterocycles. The SMILES string of the molecule is Cc1cc(=O)[nH]c(-n2nc(-c3ccccc3)cc2NC(=O)Nc2ccccc2)n1. The number of para-hydroxylation sites is 1. The highest BCUT2D eigenvalue weighted by molar-refractivity contribution is 5.99. The summed E-state index contributed by atoms with van der Waals surface area (Å²) in [7, 11) is 0. The molecule has 4 rings (SSSR count). The zero-order valence-corrected chi connectivity index (χ0v) is 15.6. The molecule has 144 valence electrons. The van der Waals surface area contributed by atoms with Crippen molar-refractivity contribution < 1.29 is 4.79 Å². The summed E-state index contributed by atoms with van der Waals surface area (Å²) >= 11 is 0. The lowest BCUT2D eigenvalue weighted by molar-refractivity contribution is 0.262. The summed E-state index contributed by atoms with van der Waals surface area (Å²) in [5, 5.41) is 10.1. The fourth-order valence-electron chi connectivity index (χ4n) is 2.85. The van der Waals surface area contributed by atoms with Gasteiger partial charge in [0.25, 0.3) is 5.56 Å². The van der Waals surface area contributed by atoms with Crippen molar-refractivity contribution in [2.45, 2.75) is 6.92 Å². The molecule has 0 spiro atoms. The summed E-state index contributed by atoms with van der Waals surface area (Å²) in [6, 6.07) is 21.3. The van der Waals surface area contributed by atoms with Crippen molar-refractivity contribution in [2.75, 3.05) is 10.6 Å². The third kappa shape index (κ3) is 4.22. The molecule has 8 heteroatoms. The number of hydrogen-bond donors (Lipinski definition) is 3. The highest BCUT2D eigenvalue weighted by Gasteiger charge is 2.15. The van der Waals surface area contributed by atoms with E-state index >= 15 is 0 Å². The second-order valence-corrected chi connectivity index (χ2v) is 6.35. The number of carbonyl (C=O) groups excluding carboxylic acids is 1. The molecule has 0 saturated carbocycles. The number of H-pyrrole nitrogens is 1. The van der Waals surface area contributed by atoms with Crippen LogP contribution in [-0.2, 0) is 0 Å². The molecule has 4 aromatic rings. The van der Waals surface area contributed by atoms with E-state index in [4.69, 9.17) is 0 Å². The number of urea groups is 1. The lowest BCUT2D eigenvalue weighted by atomic mass is 10.2. The topological polar surface area (TPSA) is 105 Å². The molecule has 0 bridgehead atoms. The number of benzene rings is 2. The average molecular weight is 386 g/mol. The minimum atomic E-state index is -0.438. The lowest BCUT2D eigenvalue weighted by Gasteiger charge is -2.09. The molecule has 2 amide bonds. The van der Waals surface area contributed by atoms with E-state index in [1.807, 2.05) is 48.5 Å². The van der Waals surface area contributed by atoms with Crippen LogP contribution in [0.25, 0.3) is 17.2 Å². The summed E-state index contributed by atoms with van der Waals surface area (Å²) in [4.78, 5) is 31.4. The molecule has 3 N–H and O–H groups in total. The van der Waals surface area contributed by atoms with Crippen molar-refractivity contribution in [3.63, 3.8) is 0 Å². The van der Waals surface area contributed by atoms with Gasteiger partial charge in [-0.1, -0.05) is 48.5 Å². The number of rotatable bonds is 4. The first-order chi connectivity index (χ1) is 14.1. The molecule has 0 aliphatic heterocycles. The quantitative estimate of drug-likeness (QED) is 0.499. The van der Waals surface area contributed by atoms with Crippen LogP contribution in [0.2, 0.25) is 0 Å². The summed E-state index contributed by atoms with van der Waals surface area (Å²) in [5.74, 6) is 0.582. The summed E-state index contributed by atoms with van der Waals surface area (Å²) in [5.41, 5.74) is 2.39. The third-order valence-corrected chi connectivity index (χ3v) is 4.11. The molecule has 8 nitrogen and oxygen atoms in total. The van der Waals surface area contributed by atoms with Crippen molar-refractivity contribution in [1.29, 1.82) is 0 Å². The van der Waals surface area contributed by atoms with Gasteiger partial charge in [-0.3, -0.25) is 15.1 Å². The Balaban J connectivity index is 1.72. The number of hydrogen-bond acceptors (Lipinski definition) is 4. The number of aromatic amines is 1. The van der Waals surface area contributed by atoms with Gasteiger partial charge in [-0.15, -0.1) is 0 Å². The van der Waals surface area contributed by atoms with Gasteiger partial charge < -0.3 is 5.32 Å². The fourth-order valence-corrected chi connectivity index (χ4v) is 2.85. The Labute approximate surface area is 166 Å². The maximum absolute atomic E-state index is 12.5. The number of aromatic nitrogens is 4. The molecule has 0 aliphatic carbocycles. The smallest absolute Gasteiger partial charge is 0.308 e. The zero-order valence-electron chi connectivity index (χ0n) is 15.6. The lowest BCUT2D eigenvalue weighted by Crippen LogP contribution is -2.22. The van der Waals surface area contributed by atoms with Crippen LogP contribution >= 0.6 is 0 Å². The van der Waals surface area contributed by atoms with Gasteiger partial charge >= 0.3 is 6.03 Å². The van der Waals surface area contributed by atoms with Gasteiger partial charge in [0.2, 0.25) is 5.95 Å². The van der Waals surface area contributed by atoms with E-state index in [0.29, 0.717) is 22.9 Å². The van der Waals surface area contributed by atoms with E-state index in [1.165, 1.54) is 10.7 Å². The van der Waals surface area contributed by atoms with Gasteiger partial charge in [-0.05, 0) is 19.1 Å².